The average molecular weight is 447 g/mol. The lowest BCUT2D eigenvalue weighted by Gasteiger charge is -2.30. The van der Waals surface area contributed by atoms with Crippen LogP contribution < -0.4 is 14.8 Å². The molecular weight excluding hydrogens is 420 g/mol. The molecule has 0 spiro atoms. The molecule has 2 aliphatic rings. The average Bonchev–Trinajstić information content (AvgIpc) is 3.30. The van der Waals surface area contributed by atoms with E-state index in [0.717, 1.165) is 43.2 Å². The molecule has 3 aromatic heterocycles. The number of methoxy groups -OCH3 is 1. The zero-order chi connectivity index (χ0) is 22.6. The fourth-order valence-electron chi connectivity index (χ4n) is 4.40. The summed E-state index contributed by atoms with van der Waals surface area (Å²) in [5, 5.41) is 17.4. The second-order valence-corrected chi connectivity index (χ2v) is 8.29. The van der Waals surface area contributed by atoms with Crippen molar-refractivity contribution in [2.24, 2.45) is 0 Å². The first-order valence-electron chi connectivity index (χ1n) is 11.2. The van der Waals surface area contributed by atoms with Crippen LogP contribution in [-0.2, 0) is 4.74 Å². The molecule has 0 amide bonds. The van der Waals surface area contributed by atoms with Crippen LogP contribution in [0.15, 0.2) is 36.9 Å². The Hall–Kier alpha value is -3.64. The van der Waals surface area contributed by atoms with Crippen molar-refractivity contribution in [3.05, 3.63) is 48.1 Å². The summed E-state index contributed by atoms with van der Waals surface area (Å²) in [6.07, 6.45) is 13.6. The third-order valence-corrected chi connectivity index (χ3v) is 6.20. The Morgan fingerprint density at radius 1 is 1.18 bits per heavy atom. The van der Waals surface area contributed by atoms with Crippen LogP contribution in [0, 0.1) is 11.3 Å². The molecule has 0 atom stereocenters. The summed E-state index contributed by atoms with van der Waals surface area (Å²) in [7, 11) is 1.60. The summed E-state index contributed by atoms with van der Waals surface area (Å²) in [4.78, 5) is 8.60. The molecule has 5 rings (SSSR count). The molecule has 1 aliphatic heterocycles. The van der Waals surface area contributed by atoms with Gasteiger partial charge in [-0.25, -0.2) is 14.5 Å². The van der Waals surface area contributed by atoms with Crippen LogP contribution in [0.25, 0.3) is 11.1 Å². The summed E-state index contributed by atoms with van der Waals surface area (Å²) in [5.41, 5.74) is 3.51. The molecule has 9 heteroatoms. The number of anilines is 1. The van der Waals surface area contributed by atoms with Gasteiger partial charge in [0.05, 0.1) is 45.0 Å². The summed E-state index contributed by atoms with van der Waals surface area (Å²) in [6.45, 7) is 1.32. The lowest BCUT2D eigenvalue weighted by molar-refractivity contribution is 0.151. The van der Waals surface area contributed by atoms with Gasteiger partial charge in [-0.1, -0.05) is 6.08 Å². The maximum atomic E-state index is 9.57. The minimum absolute atomic E-state index is 0.0731. The lowest BCUT2D eigenvalue weighted by Crippen LogP contribution is -2.31. The molecule has 1 fully saturated rings. The van der Waals surface area contributed by atoms with E-state index >= 15 is 0 Å². The SMILES string of the molecule is COc1cnc(NC2CCC(Oc3cc(C4=CCOCC4)cn4ncc(C#N)c34)CC2)nc1. The van der Waals surface area contributed by atoms with Crippen molar-refractivity contribution in [1.82, 2.24) is 19.6 Å². The molecule has 33 heavy (non-hydrogen) atoms. The normalized spacial score (nSPS) is 20.7. The molecule has 1 saturated carbocycles. The van der Waals surface area contributed by atoms with E-state index in [-0.39, 0.29) is 6.10 Å². The number of nitrogens with one attached hydrogen (secondary N) is 1. The van der Waals surface area contributed by atoms with Crippen molar-refractivity contribution in [1.29, 1.82) is 5.26 Å². The summed E-state index contributed by atoms with van der Waals surface area (Å²) in [6, 6.07) is 4.58. The smallest absolute Gasteiger partial charge is 0.223 e. The molecule has 170 valence electrons. The van der Waals surface area contributed by atoms with Crippen molar-refractivity contribution < 1.29 is 14.2 Å². The van der Waals surface area contributed by atoms with Crippen molar-refractivity contribution in [2.45, 2.75) is 44.2 Å². The van der Waals surface area contributed by atoms with Crippen LogP contribution in [0.3, 0.4) is 0 Å². The number of hydrogen-bond donors (Lipinski definition) is 1. The lowest BCUT2D eigenvalue weighted by atomic mass is 9.93. The van der Waals surface area contributed by atoms with Crippen LogP contribution in [0.2, 0.25) is 0 Å². The first-order valence-corrected chi connectivity index (χ1v) is 11.2. The quantitative estimate of drug-likeness (QED) is 0.612. The van der Waals surface area contributed by atoms with E-state index in [0.29, 0.717) is 42.3 Å². The highest BCUT2D eigenvalue weighted by molar-refractivity contribution is 5.75. The molecule has 0 aromatic carbocycles. The topological polar surface area (TPSA) is 107 Å². The maximum Gasteiger partial charge on any atom is 0.223 e. The first-order chi connectivity index (χ1) is 16.2. The van der Waals surface area contributed by atoms with Gasteiger partial charge in [0, 0.05) is 12.2 Å². The molecule has 0 unspecified atom stereocenters. The van der Waals surface area contributed by atoms with Gasteiger partial charge in [0.1, 0.15) is 22.9 Å². The van der Waals surface area contributed by atoms with Crippen LogP contribution in [-0.4, -0.2) is 52.1 Å². The van der Waals surface area contributed by atoms with Gasteiger partial charge in [-0.15, -0.1) is 0 Å². The van der Waals surface area contributed by atoms with Crippen LogP contribution in [0.4, 0.5) is 5.95 Å². The number of pyridine rings is 1. The molecule has 0 radical (unpaired) electrons. The zero-order valence-electron chi connectivity index (χ0n) is 18.5. The van der Waals surface area contributed by atoms with Crippen LogP contribution in [0.5, 0.6) is 11.5 Å². The van der Waals surface area contributed by atoms with E-state index in [1.807, 2.05) is 12.3 Å². The van der Waals surface area contributed by atoms with E-state index in [9.17, 15) is 5.26 Å². The third-order valence-electron chi connectivity index (χ3n) is 6.20. The highest BCUT2D eigenvalue weighted by atomic mass is 16.5. The van der Waals surface area contributed by atoms with Crippen LogP contribution in [0.1, 0.15) is 43.2 Å². The predicted molar refractivity (Wildman–Crippen MR) is 122 cm³/mol. The van der Waals surface area contributed by atoms with Crippen molar-refractivity contribution in [2.75, 3.05) is 25.6 Å². The molecule has 9 nitrogen and oxygen atoms in total. The van der Waals surface area contributed by atoms with Gasteiger partial charge in [-0.3, -0.25) is 0 Å². The Morgan fingerprint density at radius 2 is 2.00 bits per heavy atom. The van der Waals surface area contributed by atoms with Gasteiger partial charge < -0.3 is 19.5 Å². The number of aromatic nitrogens is 4. The van der Waals surface area contributed by atoms with E-state index < -0.39 is 0 Å². The molecule has 4 heterocycles. The Bertz CT molecular complexity index is 1190. The van der Waals surface area contributed by atoms with Crippen molar-refractivity contribution in [3.8, 4) is 17.6 Å². The van der Waals surface area contributed by atoms with E-state index in [1.54, 1.807) is 30.2 Å². The third kappa shape index (κ3) is 4.61. The molecular formula is C24H26N6O3. The van der Waals surface area contributed by atoms with E-state index in [4.69, 9.17) is 14.2 Å². The fourth-order valence-corrected chi connectivity index (χ4v) is 4.40. The highest BCUT2D eigenvalue weighted by Crippen LogP contribution is 2.33. The number of nitrogens with zero attached hydrogens (tertiary/aromatic N) is 5. The molecule has 0 saturated heterocycles. The minimum Gasteiger partial charge on any atom is -0.494 e. The van der Waals surface area contributed by atoms with E-state index in [1.165, 1.54) is 5.57 Å². The van der Waals surface area contributed by atoms with Gasteiger partial charge in [-0.2, -0.15) is 10.4 Å². The van der Waals surface area contributed by atoms with Crippen LogP contribution >= 0.6 is 0 Å². The van der Waals surface area contributed by atoms with Gasteiger partial charge in [-0.05, 0) is 49.3 Å². The number of rotatable bonds is 6. The zero-order valence-corrected chi connectivity index (χ0v) is 18.5. The summed E-state index contributed by atoms with van der Waals surface area (Å²) >= 11 is 0. The predicted octanol–water partition coefficient (Wildman–Crippen LogP) is 3.61. The maximum absolute atomic E-state index is 9.57. The van der Waals surface area contributed by atoms with Crippen molar-refractivity contribution >= 4 is 17.0 Å². The number of fused-ring (bicyclic) bond motifs is 1. The standard InChI is InChI=1S/C24H26N6O3/c1-31-21-13-26-24(27-14-21)29-19-2-4-20(5-3-19)33-22-10-17(16-6-8-32-9-7-16)15-30-23(22)18(11-25)12-28-30/h6,10,12-15,19-20H,2-5,7-9H2,1H3,(H,26,27,29). The molecule has 3 aromatic rings. The van der Waals surface area contributed by atoms with Gasteiger partial charge >= 0.3 is 0 Å². The van der Waals surface area contributed by atoms with E-state index in [2.05, 4.69) is 32.5 Å². The number of ether oxygens (including phenoxy) is 3. The van der Waals surface area contributed by atoms with Crippen molar-refractivity contribution in [3.63, 3.8) is 0 Å². The molecule has 0 bridgehead atoms. The Balaban J connectivity index is 1.30. The second-order valence-electron chi connectivity index (χ2n) is 8.29. The fraction of sp³-hybridized carbons (Fsp3) is 0.417. The second kappa shape index (κ2) is 9.46. The summed E-state index contributed by atoms with van der Waals surface area (Å²) < 4.78 is 18.8. The van der Waals surface area contributed by atoms with Gasteiger partial charge in [0.25, 0.3) is 0 Å². The van der Waals surface area contributed by atoms with Gasteiger partial charge in [0.2, 0.25) is 5.95 Å². The number of nitriles is 1. The minimum atomic E-state index is 0.0731. The Kier molecular flexibility index (Phi) is 6.09. The Morgan fingerprint density at radius 3 is 2.70 bits per heavy atom. The number of hydrogen-bond acceptors (Lipinski definition) is 8. The Labute approximate surface area is 192 Å². The first kappa shape index (κ1) is 21.2. The molecule has 1 N–H and O–H groups in total. The molecule has 1 aliphatic carbocycles. The summed E-state index contributed by atoms with van der Waals surface area (Å²) in [5.74, 6) is 1.96. The monoisotopic (exact) mass is 446 g/mol. The highest BCUT2D eigenvalue weighted by Gasteiger charge is 2.25. The van der Waals surface area contributed by atoms with Gasteiger partial charge in [0.15, 0.2) is 5.75 Å². The largest absolute Gasteiger partial charge is 0.494 e.